The van der Waals surface area contributed by atoms with Gasteiger partial charge in [0.25, 0.3) is 0 Å². The third-order valence-electron chi connectivity index (χ3n) is 13.5. The molecule has 8 heteroatoms. The molecule has 0 atom stereocenters. The summed E-state index contributed by atoms with van der Waals surface area (Å²) in [5.41, 5.74) is 4.34. The number of H-pyrrole nitrogens is 1. The molecule has 0 unspecified atom stereocenters. The van der Waals surface area contributed by atoms with E-state index in [1.54, 1.807) is 0 Å². The molecule has 3 aromatic heterocycles. The van der Waals surface area contributed by atoms with Gasteiger partial charge in [-0.1, -0.05) is 95.2 Å². The standard InChI is InChI=1S/2C16H26N2.C13H23N3.C11H23N/c1-13-6-5-9-17-15(13)18-10-7-14(8-11-18)12-16(2,3)4;1-13-6-5-7-15(17-13)18-10-8-14(9-11-18)12-16(2,3)4;1-13(2,3)10-11-4-8-16(9-5-11)12-14-6-7-15-12;1-11(2,3)9-10-5-7-12(4)8-6-10/h5-6,9,14H,7-8,10-12H2,1-4H3;5-7,14H,8-12H2,1-4H3;6-7,11H,4-5,8-10H2,1-3H3,(H,14,15);10H,5-9H2,1-4H3. The van der Waals surface area contributed by atoms with E-state index in [-0.39, 0.29) is 0 Å². The summed E-state index contributed by atoms with van der Waals surface area (Å²) in [4.78, 5) is 26.3. The third-order valence-corrected chi connectivity index (χ3v) is 13.5. The van der Waals surface area contributed by atoms with Crippen LogP contribution in [0.25, 0.3) is 0 Å². The van der Waals surface area contributed by atoms with Crippen molar-refractivity contribution in [1.29, 1.82) is 0 Å². The smallest absolute Gasteiger partial charge is 0.202 e. The van der Waals surface area contributed by atoms with Crippen LogP contribution in [0.3, 0.4) is 0 Å². The molecule has 3 aromatic rings. The maximum absolute atomic E-state index is 4.62. The van der Waals surface area contributed by atoms with Crippen LogP contribution < -0.4 is 14.7 Å². The van der Waals surface area contributed by atoms with E-state index in [0.717, 1.165) is 67.3 Å². The summed E-state index contributed by atoms with van der Waals surface area (Å²) < 4.78 is 0. The summed E-state index contributed by atoms with van der Waals surface area (Å²) in [7, 11) is 2.23. The molecule has 0 saturated carbocycles. The number of hydrogen-bond acceptors (Lipinski definition) is 7. The van der Waals surface area contributed by atoms with Gasteiger partial charge in [0.05, 0.1) is 0 Å². The van der Waals surface area contributed by atoms with Crippen LogP contribution in [-0.4, -0.2) is 84.2 Å². The van der Waals surface area contributed by atoms with Crippen molar-refractivity contribution >= 4 is 17.6 Å². The number of nitrogens with one attached hydrogen (secondary N) is 1. The molecule has 8 nitrogen and oxygen atoms in total. The zero-order valence-electron chi connectivity index (χ0n) is 44.2. The van der Waals surface area contributed by atoms with Gasteiger partial charge in [0.1, 0.15) is 11.6 Å². The van der Waals surface area contributed by atoms with Crippen molar-refractivity contribution in [2.24, 2.45) is 45.3 Å². The van der Waals surface area contributed by atoms with Crippen molar-refractivity contribution in [2.75, 3.05) is 74.1 Å². The lowest BCUT2D eigenvalue weighted by molar-refractivity contribution is 0.175. The largest absolute Gasteiger partial charge is 0.357 e. The fourth-order valence-electron chi connectivity index (χ4n) is 10.7. The van der Waals surface area contributed by atoms with Crippen molar-refractivity contribution in [2.45, 2.75) is 174 Å². The summed E-state index contributed by atoms with van der Waals surface area (Å²) in [6.07, 6.45) is 21.8. The van der Waals surface area contributed by atoms with Crippen LogP contribution in [0.4, 0.5) is 17.6 Å². The molecule has 0 amide bonds. The van der Waals surface area contributed by atoms with E-state index in [1.165, 1.54) is 115 Å². The Morgan fingerprint density at radius 3 is 1.31 bits per heavy atom. The van der Waals surface area contributed by atoms with Gasteiger partial charge in [-0.05, 0) is 180 Å². The van der Waals surface area contributed by atoms with E-state index in [1.807, 2.05) is 24.7 Å². The predicted octanol–water partition coefficient (Wildman–Crippen LogP) is 13.9. The Kier molecular flexibility index (Phi) is 20.5. The highest BCUT2D eigenvalue weighted by atomic mass is 15.3. The second-order valence-corrected chi connectivity index (χ2v) is 25.3. The maximum Gasteiger partial charge on any atom is 0.202 e. The summed E-state index contributed by atoms with van der Waals surface area (Å²) in [5.74, 6) is 7.05. The topological polar surface area (TPSA) is 67.4 Å². The van der Waals surface area contributed by atoms with Gasteiger partial charge in [-0.3, -0.25) is 0 Å². The molecule has 0 radical (unpaired) electrons. The van der Waals surface area contributed by atoms with Gasteiger partial charge < -0.3 is 24.6 Å². The van der Waals surface area contributed by atoms with Crippen LogP contribution in [0.1, 0.15) is 171 Å². The van der Waals surface area contributed by atoms with Crippen LogP contribution in [0, 0.1) is 59.2 Å². The van der Waals surface area contributed by atoms with Gasteiger partial charge in [-0.25, -0.2) is 15.0 Å². The minimum Gasteiger partial charge on any atom is -0.357 e. The van der Waals surface area contributed by atoms with Gasteiger partial charge >= 0.3 is 0 Å². The average Bonchev–Trinajstić information content (AvgIpc) is 3.74. The summed E-state index contributed by atoms with van der Waals surface area (Å²) in [5, 5.41) is 0. The molecule has 0 spiro atoms. The second kappa shape index (κ2) is 24.6. The minimum atomic E-state index is 0.466. The first-order valence-electron chi connectivity index (χ1n) is 25.7. The van der Waals surface area contributed by atoms with Crippen molar-refractivity contribution in [1.82, 2.24) is 24.8 Å². The molecule has 4 saturated heterocycles. The Balaban J connectivity index is 0.000000189. The number of imidazole rings is 1. The number of aromatic amines is 1. The molecular formula is C56H98N8. The van der Waals surface area contributed by atoms with Gasteiger partial charge in [0.2, 0.25) is 5.95 Å². The van der Waals surface area contributed by atoms with E-state index in [9.17, 15) is 0 Å². The molecule has 7 heterocycles. The maximum atomic E-state index is 4.62. The summed E-state index contributed by atoms with van der Waals surface area (Å²) in [6.45, 7) is 42.0. The highest BCUT2D eigenvalue weighted by Crippen LogP contribution is 2.35. The number of pyridine rings is 2. The van der Waals surface area contributed by atoms with Crippen molar-refractivity contribution in [3.05, 3.63) is 60.2 Å². The zero-order chi connectivity index (χ0) is 47.1. The van der Waals surface area contributed by atoms with E-state index < -0.39 is 0 Å². The fourth-order valence-corrected chi connectivity index (χ4v) is 10.7. The lowest BCUT2D eigenvalue weighted by Crippen LogP contribution is -2.35. The Morgan fingerprint density at radius 2 is 0.922 bits per heavy atom. The van der Waals surface area contributed by atoms with E-state index in [2.05, 4.69) is 168 Å². The zero-order valence-corrected chi connectivity index (χ0v) is 44.2. The molecule has 4 aliphatic rings. The highest BCUT2D eigenvalue weighted by Gasteiger charge is 2.27. The van der Waals surface area contributed by atoms with Crippen molar-refractivity contribution in [3.63, 3.8) is 0 Å². The summed E-state index contributed by atoms with van der Waals surface area (Å²) >= 11 is 0. The van der Waals surface area contributed by atoms with Crippen molar-refractivity contribution in [3.8, 4) is 0 Å². The van der Waals surface area contributed by atoms with Crippen molar-refractivity contribution < 1.29 is 0 Å². The Hall–Kier alpha value is -3.13. The second-order valence-electron chi connectivity index (χ2n) is 25.3. The number of piperidine rings is 4. The minimum absolute atomic E-state index is 0.466. The number of aryl methyl sites for hydroxylation is 2. The Labute approximate surface area is 394 Å². The molecule has 64 heavy (non-hydrogen) atoms. The lowest BCUT2D eigenvalue weighted by atomic mass is 9.80. The van der Waals surface area contributed by atoms with Crippen LogP contribution >= 0.6 is 0 Å². The number of rotatable bonds is 7. The first-order chi connectivity index (χ1) is 29.9. The molecule has 1 N–H and O–H groups in total. The molecule has 4 aliphatic heterocycles. The molecule has 362 valence electrons. The number of nitrogens with zero attached hydrogens (tertiary/aromatic N) is 7. The van der Waals surface area contributed by atoms with Gasteiger partial charge in [-0.15, -0.1) is 0 Å². The Bertz CT molecular complexity index is 1690. The lowest BCUT2D eigenvalue weighted by Gasteiger charge is -2.36. The number of hydrogen-bond donors (Lipinski definition) is 1. The number of aromatic nitrogens is 4. The average molecular weight is 883 g/mol. The highest BCUT2D eigenvalue weighted by molar-refractivity contribution is 5.46. The SMILES string of the molecule is CC(C)(C)CC1CCN(c2ncc[nH]2)CC1.CN1CCC(CC(C)(C)C)CC1.Cc1cccc(N2CCC(CC(C)(C)C)CC2)n1.Cc1cccnc1N1CCC(CC(C)(C)C)CC1. The van der Waals surface area contributed by atoms with Crippen LogP contribution in [0.15, 0.2) is 48.9 Å². The van der Waals surface area contributed by atoms with Gasteiger partial charge in [0.15, 0.2) is 0 Å². The first-order valence-corrected chi connectivity index (χ1v) is 25.7. The molecule has 0 bridgehead atoms. The van der Waals surface area contributed by atoms with E-state index >= 15 is 0 Å². The Morgan fingerprint density at radius 1 is 0.500 bits per heavy atom. The summed E-state index contributed by atoms with van der Waals surface area (Å²) in [6, 6.07) is 10.5. The van der Waals surface area contributed by atoms with Crippen LogP contribution in [-0.2, 0) is 0 Å². The number of likely N-dealkylation sites (tertiary alicyclic amines) is 1. The monoisotopic (exact) mass is 883 g/mol. The first kappa shape index (κ1) is 53.5. The predicted molar refractivity (Wildman–Crippen MR) is 278 cm³/mol. The normalized spacial score (nSPS) is 19.3. The molecule has 0 aromatic carbocycles. The third kappa shape index (κ3) is 21.0. The molecule has 4 fully saturated rings. The van der Waals surface area contributed by atoms with E-state index in [0.29, 0.717) is 21.7 Å². The quantitative estimate of drug-likeness (QED) is 0.253. The van der Waals surface area contributed by atoms with Gasteiger partial charge in [-0.2, -0.15) is 0 Å². The van der Waals surface area contributed by atoms with Crippen LogP contribution in [0.2, 0.25) is 0 Å². The van der Waals surface area contributed by atoms with Gasteiger partial charge in [0, 0.05) is 63.6 Å². The van der Waals surface area contributed by atoms with E-state index in [4.69, 9.17) is 0 Å². The fraction of sp³-hybridized carbons (Fsp3) is 0.768. The molecule has 7 rings (SSSR count). The molecular weight excluding hydrogens is 785 g/mol. The number of anilines is 3. The molecule has 0 aliphatic carbocycles. The van der Waals surface area contributed by atoms with Crippen LogP contribution in [0.5, 0.6) is 0 Å².